The molecule has 0 aliphatic carbocycles. The van der Waals surface area contributed by atoms with Crippen LogP contribution >= 0.6 is 0 Å². The third-order valence-corrected chi connectivity index (χ3v) is 17.8. The maximum atomic E-state index is 11.0. The number of hydrogen-bond donors (Lipinski definition) is 0. The van der Waals surface area contributed by atoms with E-state index in [9.17, 15) is 25.9 Å². The molecule has 0 bridgehead atoms. The molecule has 444 valence electrons. The van der Waals surface area contributed by atoms with E-state index in [2.05, 4.69) is 13.8 Å². The van der Waals surface area contributed by atoms with Crippen molar-refractivity contribution in [3.63, 3.8) is 0 Å². The molecule has 2 aromatic rings. The van der Waals surface area contributed by atoms with Crippen LogP contribution in [0.2, 0.25) is 0 Å². The van der Waals surface area contributed by atoms with E-state index in [1.54, 1.807) is 24.3 Å². The monoisotopic (exact) mass is 1140 g/mol. The first-order chi connectivity index (χ1) is 37.1. The molecule has 0 radical (unpaired) electrons. The number of aryl methyl sites for hydroxylation is 2. The van der Waals surface area contributed by atoms with Crippen molar-refractivity contribution in [1.82, 2.24) is 0 Å². The van der Waals surface area contributed by atoms with E-state index in [1.165, 1.54) is 345 Å². The van der Waals surface area contributed by atoms with Gasteiger partial charge < -0.3 is 9.11 Å². The van der Waals surface area contributed by atoms with Crippen molar-refractivity contribution in [1.29, 1.82) is 0 Å². The van der Waals surface area contributed by atoms with Crippen molar-refractivity contribution in [3.8, 4) is 0 Å². The molecule has 2 aromatic carbocycles. The summed E-state index contributed by atoms with van der Waals surface area (Å²) in [6, 6.07) is 12.8. The Labute approximate surface area is 509 Å². The fourth-order valence-corrected chi connectivity index (χ4v) is 11.9. The average Bonchev–Trinajstić information content (AvgIpc) is 3.40. The van der Waals surface area contributed by atoms with Gasteiger partial charge in [-0.1, -0.05) is 359 Å². The molecular weight excluding hydrogens is 1020 g/mol. The van der Waals surface area contributed by atoms with Gasteiger partial charge in [-0.2, -0.15) is 0 Å². The van der Waals surface area contributed by atoms with Gasteiger partial charge in [-0.15, -0.1) is 0 Å². The maximum Gasteiger partial charge on any atom is 2.00 e. The second-order valence-electron chi connectivity index (χ2n) is 23.4. The Hall–Kier alpha value is -0.480. The van der Waals surface area contributed by atoms with E-state index >= 15 is 0 Å². The van der Waals surface area contributed by atoms with Crippen LogP contribution in [0.1, 0.15) is 359 Å². The van der Waals surface area contributed by atoms with Gasteiger partial charge in [-0.3, -0.25) is 0 Å². The first-order valence-electron chi connectivity index (χ1n) is 33.2. The molecule has 0 atom stereocenters. The molecule has 0 amide bonds. The predicted molar refractivity (Wildman–Crippen MR) is 333 cm³/mol. The molecule has 0 aromatic heterocycles. The third-order valence-electron chi connectivity index (χ3n) is 16.1. The van der Waals surface area contributed by atoms with Crippen LogP contribution in [0.15, 0.2) is 58.3 Å². The zero-order valence-electron chi connectivity index (χ0n) is 50.8. The van der Waals surface area contributed by atoms with Crippen molar-refractivity contribution in [3.05, 3.63) is 59.7 Å². The van der Waals surface area contributed by atoms with Crippen molar-refractivity contribution < 1.29 is 25.9 Å². The maximum absolute atomic E-state index is 11.0. The molecule has 0 saturated carbocycles. The van der Waals surface area contributed by atoms with Crippen LogP contribution in [0.5, 0.6) is 0 Å². The molecule has 0 N–H and O–H groups in total. The van der Waals surface area contributed by atoms with Crippen molar-refractivity contribution >= 4 is 58.0 Å². The largest absolute Gasteiger partial charge is 2.00 e. The van der Waals surface area contributed by atoms with Gasteiger partial charge in [0.1, 0.15) is 20.2 Å². The molecule has 77 heavy (non-hydrogen) atoms. The number of benzene rings is 2. The van der Waals surface area contributed by atoms with Gasteiger partial charge in [-0.25, -0.2) is 16.8 Å². The number of rotatable bonds is 56. The molecule has 0 spiro atoms. The van der Waals surface area contributed by atoms with Gasteiger partial charge in [0.2, 0.25) is 0 Å². The zero-order valence-corrected chi connectivity index (χ0v) is 54.6. The van der Waals surface area contributed by atoms with Crippen LogP contribution in [-0.2, 0) is 33.1 Å². The molecule has 9 heteroatoms. The zero-order chi connectivity index (χ0) is 55.2. The summed E-state index contributed by atoms with van der Waals surface area (Å²) >= 11 is 0. The van der Waals surface area contributed by atoms with E-state index in [1.807, 2.05) is 0 Å². The molecule has 0 aliphatic heterocycles. The summed E-state index contributed by atoms with van der Waals surface area (Å²) in [4.78, 5) is -0.266. The Morgan fingerprint density at radius 3 is 0.494 bits per heavy atom. The first-order valence-corrected chi connectivity index (χ1v) is 36.0. The average molecular weight is 1140 g/mol. The molecule has 0 saturated heterocycles. The number of unbranched alkanes of at least 4 members (excludes halogenated alkanes) is 50. The quantitative estimate of drug-likeness (QED) is 0.0370. The van der Waals surface area contributed by atoms with Crippen LogP contribution in [0, 0.1) is 0 Å². The Morgan fingerprint density at radius 2 is 0.364 bits per heavy atom. The molecular formula is C68H122CaO6S2. The second-order valence-corrected chi connectivity index (χ2v) is 26.1. The Kier molecular flexibility index (Phi) is 57.0. The van der Waals surface area contributed by atoms with Crippen molar-refractivity contribution in [2.75, 3.05) is 0 Å². The predicted octanol–water partition coefficient (Wildman–Crippen LogP) is 22.2. The molecule has 0 fully saturated rings. The smallest absolute Gasteiger partial charge is 0.744 e. The Morgan fingerprint density at radius 1 is 0.234 bits per heavy atom. The molecule has 2 rings (SSSR count). The van der Waals surface area contributed by atoms with Crippen LogP contribution in [0.4, 0.5) is 0 Å². The summed E-state index contributed by atoms with van der Waals surface area (Å²) in [6.45, 7) is 4.59. The fourth-order valence-electron chi connectivity index (χ4n) is 10.9. The molecule has 0 heterocycles. The summed E-state index contributed by atoms with van der Waals surface area (Å²) in [5, 5.41) is 0. The van der Waals surface area contributed by atoms with E-state index in [-0.39, 0.29) is 47.5 Å². The van der Waals surface area contributed by atoms with Crippen LogP contribution in [0.3, 0.4) is 0 Å². The minimum atomic E-state index is -4.33. The van der Waals surface area contributed by atoms with E-state index in [0.29, 0.717) is 0 Å². The van der Waals surface area contributed by atoms with Gasteiger partial charge in [0.05, 0.1) is 9.79 Å². The SMILES string of the molecule is CCCCCCCCCCCCCCCCCCCCCCCCCCCCc1ccc(S(=O)(=O)[O-])cc1.CCCCCCCCCCCCCCCCCCCCCCCCCCCCc1ccc(S(=O)(=O)[O-])cc1.[Ca+2]. The second kappa shape index (κ2) is 57.3. The number of hydrogen-bond acceptors (Lipinski definition) is 6. The normalized spacial score (nSPS) is 11.7. The van der Waals surface area contributed by atoms with Crippen molar-refractivity contribution in [2.45, 2.75) is 370 Å². The minimum absolute atomic E-state index is 0. The van der Waals surface area contributed by atoms with Gasteiger partial charge in [-0.05, 0) is 61.1 Å². The minimum Gasteiger partial charge on any atom is -0.744 e. The summed E-state index contributed by atoms with van der Waals surface area (Å²) in [5.41, 5.74) is 2.23. The molecule has 6 nitrogen and oxygen atoms in total. The van der Waals surface area contributed by atoms with Gasteiger partial charge in [0, 0.05) is 0 Å². The summed E-state index contributed by atoms with van der Waals surface area (Å²) in [5.74, 6) is 0. The summed E-state index contributed by atoms with van der Waals surface area (Å²) in [7, 11) is -8.66. The Balaban J connectivity index is 0.00000148. The summed E-state index contributed by atoms with van der Waals surface area (Å²) in [6.07, 6.45) is 75.0. The topological polar surface area (TPSA) is 114 Å². The van der Waals surface area contributed by atoms with Crippen LogP contribution in [0.25, 0.3) is 0 Å². The van der Waals surface area contributed by atoms with Gasteiger partial charge in [0.25, 0.3) is 0 Å². The van der Waals surface area contributed by atoms with E-state index in [4.69, 9.17) is 0 Å². The van der Waals surface area contributed by atoms with Crippen molar-refractivity contribution in [2.24, 2.45) is 0 Å². The van der Waals surface area contributed by atoms with Gasteiger partial charge >= 0.3 is 37.7 Å². The fraction of sp³-hybridized carbons (Fsp3) is 0.824. The standard InChI is InChI=1S/2C34H62O3S.Ca/c2*1-2-3-4-5-6-7-8-9-10-11-12-13-14-15-16-17-18-19-20-21-22-23-24-25-26-27-28-33-29-31-34(32-30-33)38(35,36)37;/h2*29-32H,2-28H2,1H3,(H,35,36,37);/q;;+2/p-2. The molecule has 0 unspecified atom stereocenters. The van der Waals surface area contributed by atoms with E-state index < -0.39 is 20.2 Å². The summed E-state index contributed by atoms with van der Waals surface area (Å²) < 4.78 is 65.8. The third kappa shape index (κ3) is 53.3. The first kappa shape index (κ1) is 76.5. The Bertz CT molecular complexity index is 1590. The van der Waals surface area contributed by atoms with Crippen LogP contribution < -0.4 is 0 Å². The van der Waals surface area contributed by atoms with Gasteiger partial charge in [0.15, 0.2) is 0 Å². The van der Waals surface area contributed by atoms with E-state index in [0.717, 1.165) is 36.8 Å². The molecule has 0 aliphatic rings. The van der Waals surface area contributed by atoms with Crippen LogP contribution in [-0.4, -0.2) is 63.7 Å².